The van der Waals surface area contributed by atoms with Crippen molar-refractivity contribution in [2.24, 2.45) is 0 Å². The van der Waals surface area contributed by atoms with E-state index in [1.165, 1.54) is 0 Å². The second-order valence-corrected chi connectivity index (χ2v) is 8.09. The molecule has 0 N–H and O–H groups in total. The number of aromatic nitrogens is 5. The molecule has 5 rings (SSSR count). The lowest BCUT2D eigenvalue weighted by Crippen LogP contribution is -2.31. The van der Waals surface area contributed by atoms with Gasteiger partial charge in [-0.2, -0.15) is 5.10 Å². The first-order chi connectivity index (χ1) is 14.1. The predicted octanol–water partition coefficient (Wildman–Crippen LogP) is 3.96. The molecule has 1 unspecified atom stereocenters. The fraction of sp³-hybridized carbons (Fsp3) is 0.238. The van der Waals surface area contributed by atoms with Crippen molar-refractivity contribution in [3.8, 4) is 5.69 Å². The van der Waals surface area contributed by atoms with Crippen molar-refractivity contribution in [1.29, 1.82) is 0 Å². The first kappa shape index (κ1) is 18.1. The second-order valence-electron chi connectivity index (χ2n) is 7.18. The summed E-state index contributed by atoms with van der Waals surface area (Å²) in [5.41, 5.74) is 3.16. The van der Waals surface area contributed by atoms with Gasteiger partial charge in [0.05, 0.1) is 29.2 Å². The Morgan fingerprint density at radius 3 is 2.79 bits per heavy atom. The van der Waals surface area contributed by atoms with Crippen LogP contribution in [0.15, 0.2) is 59.3 Å². The summed E-state index contributed by atoms with van der Waals surface area (Å²) < 4.78 is 4.77. The molecule has 0 saturated carbocycles. The average Bonchev–Trinajstić information content (AvgIpc) is 3.46. The normalized spacial score (nSPS) is 16.6. The molecular weight excluding hydrogens is 432 g/mol. The van der Waals surface area contributed by atoms with E-state index >= 15 is 0 Å². The van der Waals surface area contributed by atoms with Gasteiger partial charge in [0.15, 0.2) is 11.5 Å². The highest BCUT2D eigenvalue weighted by Crippen LogP contribution is 2.33. The van der Waals surface area contributed by atoms with E-state index in [-0.39, 0.29) is 11.9 Å². The Hall–Kier alpha value is -3.00. The van der Waals surface area contributed by atoms with Crippen LogP contribution in [0.25, 0.3) is 11.3 Å². The minimum atomic E-state index is -0.0877. The number of carbonyl (C=O) groups is 1. The number of likely N-dealkylation sites (tertiary alicyclic amines) is 1. The van der Waals surface area contributed by atoms with Crippen LogP contribution >= 0.6 is 15.9 Å². The Kier molecular flexibility index (Phi) is 4.43. The highest BCUT2D eigenvalue weighted by Gasteiger charge is 2.35. The van der Waals surface area contributed by atoms with Crippen LogP contribution in [0.3, 0.4) is 0 Å². The topological polar surface area (TPSA) is 68.3 Å². The lowest BCUT2D eigenvalue weighted by atomic mass is 10.1. The van der Waals surface area contributed by atoms with Gasteiger partial charge in [0.2, 0.25) is 0 Å². The van der Waals surface area contributed by atoms with Crippen LogP contribution in [-0.2, 0) is 0 Å². The maximum atomic E-state index is 13.4. The zero-order chi connectivity index (χ0) is 20.0. The minimum absolute atomic E-state index is 0.0129. The molecule has 1 aliphatic heterocycles. The molecule has 8 heteroatoms. The molecule has 7 nitrogen and oxygen atoms in total. The molecule has 1 aromatic carbocycles. The Morgan fingerprint density at radius 1 is 1.14 bits per heavy atom. The number of rotatable bonds is 3. The molecule has 3 aromatic heterocycles. The van der Waals surface area contributed by atoms with Gasteiger partial charge in [0.25, 0.3) is 5.91 Å². The lowest BCUT2D eigenvalue weighted by molar-refractivity contribution is 0.0728. The van der Waals surface area contributed by atoms with Crippen molar-refractivity contribution in [3.63, 3.8) is 0 Å². The van der Waals surface area contributed by atoms with Crippen LogP contribution in [0.4, 0.5) is 0 Å². The van der Waals surface area contributed by atoms with Crippen LogP contribution in [0.5, 0.6) is 0 Å². The van der Waals surface area contributed by atoms with Crippen LogP contribution in [0, 0.1) is 6.92 Å². The molecule has 29 heavy (non-hydrogen) atoms. The van der Waals surface area contributed by atoms with Gasteiger partial charge in [-0.25, -0.2) is 4.68 Å². The van der Waals surface area contributed by atoms with E-state index in [1.54, 1.807) is 10.9 Å². The van der Waals surface area contributed by atoms with Gasteiger partial charge in [0.1, 0.15) is 0 Å². The van der Waals surface area contributed by atoms with Crippen LogP contribution in [0.2, 0.25) is 0 Å². The molecule has 0 bridgehead atoms. The van der Waals surface area contributed by atoms with Crippen LogP contribution in [-0.4, -0.2) is 41.7 Å². The monoisotopic (exact) mass is 450 g/mol. The Labute approximate surface area is 176 Å². The summed E-state index contributed by atoms with van der Waals surface area (Å²) >= 11 is 3.45. The van der Waals surface area contributed by atoms with E-state index in [2.05, 4.69) is 31.2 Å². The third kappa shape index (κ3) is 3.04. The number of pyridine rings is 1. The third-order valence-electron chi connectivity index (χ3n) is 5.46. The number of hydrogen-bond donors (Lipinski definition) is 0. The van der Waals surface area contributed by atoms with Crippen LogP contribution < -0.4 is 0 Å². The van der Waals surface area contributed by atoms with Gasteiger partial charge in [-0.15, -0.1) is 10.2 Å². The number of fused-ring (bicyclic) bond motifs is 1. The van der Waals surface area contributed by atoms with Gasteiger partial charge in [-0.3, -0.25) is 9.20 Å². The van der Waals surface area contributed by atoms with Gasteiger partial charge in [-0.05, 0) is 56.2 Å². The molecule has 0 aliphatic carbocycles. The quantitative estimate of drug-likeness (QED) is 0.473. The van der Waals surface area contributed by atoms with Gasteiger partial charge in [-0.1, -0.05) is 22.0 Å². The molecule has 1 amide bonds. The summed E-state index contributed by atoms with van der Waals surface area (Å²) in [6.07, 6.45) is 5.43. The predicted molar refractivity (Wildman–Crippen MR) is 112 cm³/mol. The fourth-order valence-corrected chi connectivity index (χ4v) is 4.25. The fourth-order valence-electron chi connectivity index (χ4n) is 3.98. The Balaban J connectivity index is 1.48. The zero-order valence-corrected chi connectivity index (χ0v) is 17.5. The molecule has 0 spiro atoms. The number of nitrogens with zero attached hydrogens (tertiary/aromatic N) is 6. The molecule has 1 saturated heterocycles. The van der Waals surface area contributed by atoms with Crippen molar-refractivity contribution in [3.05, 3.63) is 76.4 Å². The molecule has 1 aliphatic rings. The van der Waals surface area contributed by atoms with E-state index in [4.69, 9.17) is 0 Å². The van der Waals surface area contributed by atoms with Crippen molar-refractivity contribution >= 4 is 27.5 Å². The zero-order valence-electron chi connectivity index (χ0n) is 15.9. The minimum Gasteiger partial charge on any atom is -0.328 e. The van der Waals surface area contributed by atoms with Crippen molar-refractivity contribution in [1.82, 2.24) is 29.3 Å². The molecule has 4 aromatic rings. The average molecular weight is 451 g/mol. The third-order valence-corrected chi connectivity index (χ3v) is 5.99. The summed E-state index contributed by atoms with van der Waals surface area (Å²) in [7, 11) is 0. The van der Waals surface area contributed by atoms with Gasteiger partial charge in [0, 0.05) is 17.2 Å². The van der Waals surface area contributed by atoms with Crippen molar-refractivity contribution < 1.29 is 4.79 Å². The highest BCUT2D eigenvalue weighted by molar-refractivity contribution is 9.10. The molecule has 146 valence electrons. The summed E-state index contributed by atoms with van der Waals surface area (Å²) in [4.78, 5) is 15.3. The van der Waals surface area contributed by atoms with Gasteiger partial charge >= 0.3 is 0 Å². The second kappa shape index (κ2) is 7.11. The maximum Gasteiger partial charge on any atom is 0.257 e. The number of hydrogen-bond acceptors (Lipinski definition) is 4. The standard InChI is InChI=1S/C21H19BrN6O/c1-14-17(13-23-28(14)16-9-7-15(22)8-10-16)21(29)26-12-4-5-18(26)20-25-24-19-6-2-3-11-27(19)20/h2-3,6-11,13,18H,4-5,12H2,1H3. The van der Waals surface area contributed by atoms with E-state index in [9.17, 15) is 4.79 Å². The first-order valence-corrected chi connectivity index (χ1v) is 10.3. The maximum absolute atomic E-state index is 13.4. The summed E-state index contributed by atoms with van der Waals surface area (Å²) in [6.45, 7) is 2.63. The Bertz CT molecular complexity index is 1200. The van der Waals surface area contributed by atoms with E-state index in [1.807, 2.05) is 64.9 Å². The van der Waals surface area contributed by atoms with E-state index in [0.717, 1.165) is 40.2 Å². The molecule has 1 fully saturated rings. The van der Waals surface area contributed by atoms with Gasteiger partial charge < -0.3 is 4.90 Å². The number of carbonyl (C=O) groups excluding carboxylic acids is 1. The van der Waals surface area contributed by atoms with Crippen molar-refractivity contribution in [2.45, 2.75) is 25.8 Å². The summed E-state index contributed by atoms with van der Waals surface area (Å²) in [5.74, 6) is 0.797. The Morgan fingerprint density at radius 2 is 1.97 bits per heavy atom. The smallest absolute Gasteiger partial charge is 0.257 e. The molecule has 1 atom stereocenters. The molecule has 4 heterocycles. The molecular formula is C21H19BrN6O. The number of benzene rings is 1. The number of amides is 1. The van der Waals surface area contributed by atoms with Crippen LogP contribution in [0.1, 0.15) is 40.8 Å². The largest absolute Gasteiger partial charge is 0.328 e. The highest BCUT2D eigenvalue weighted by atomic mass is 79.9. The lowest BCUT2D eigenvalue weighted by Gasteiger charge is -2.23. The molecule has 0 radical (unpaired) electrons. The van der Waals surface area contributed by atoms with Crippen molar-refractivity contribution in [2.75, 3.05) is 6.54 Å². The summed E-state index contributed by atoms with van der Waals surface area (Å²) in [5, 5.41) is 13.1. The summed E-state index contributed by atoms with van der Waals surface area (Å²) in [6, 6.07) is 13.6. The number of halogens is 1. The SMILES string of the molecule is Cc1c(C(=O)N2CCCC2c2nnc3ccccn23)cnn1-c1ccc(Br)cc1. The van der Waals surface area contributed by atoms with E-state index < -0.39 is 0 Å². The van der Waals surface area contributed by atoms with E-state index in [0.29, 0.717) is 12.1 Å². The first-order valence-electron chi connectivity index (χ1n) is 9.54.